The van der Waals surface area contributed by atoms with Gasteiger partial charge in [-0.25, -0.2) is 0 Å². The first-order valence-electron chi connectivity index (χ1n) is 4.80. The van der Waals surface area contributed by atoms with Gasteiger partial charge in [0.1, 0.15) is 5.38 Å². The van der Waals surface area contributed by atoms with Gasteiger partial charge >= 0.3 is 0 Å². The molecule has 1 aromatic rings. The van der Waals surface area contributed by atoms with E-state index in [0.29, 0.717) is 11.8 Å². The van der Waals surface area contributed by atoms with Gasteiger partial charge in [0.25, 0.3) is 0 Å². The summed E-state index contributed by atoms with van der Waals surface area (Å²) >= 11 is 5.81. The molecule has 0 amide bonds. The molecule has 1 fully saturated rings. The van der Waals surface area contributed by atoms with E-state index in [1.165, 1.54) is 0 Å². The summed E-state index contributed by atoms with van der Waals surface area (Å²) in [5.41, 5.74) is 0. The summed E-state index contributed by atoms with van der Waals surface area (Å²) < 4.78 is 10.3. The minimum atomic E-state index is -0.212. The molecule has 0 bridgehead atoms. The van der Waals surface area contributed by atoms with Crippen molar-refractivity contribution >= 4 is 11.6 Å². The van der Waals surface area contributed by atoms with Gasteiger partial charge in [0.15, 0.2) is 5.82 Å². The third-order valence-corrected chi connectivity index (χ3v) is 2.51. The number of nitrogens with zero attached hydrogens (tertiary/aromatic N) is 2. The summed E-state index contributed by atoms with van der Waals surface area (Å²) in [4.78, 5) is 4.21. The average Bonchev–Trinajstić information content (AvgIpc) is 2.75. The largest absolute Gasteiger partial charge is 0.381 e. The van der Waals surface area contributed by atoms with Crippen LogP contribution in [0.15, 0.2) is 4.52 Å². The van der Waals surface area contributed by atoms with Crippen LogP contribution in [0.2, 0.25) is 0 Å². The topological polar surface area (TPSA) is 48.2 Å². The SMILES string of the molecule is CC(Cl)c1nc(CC2CCOC2)no1. The Morgan fingerprint density at radius 2 is 2.50 bits per heavy atom. The summed E-state index contributed by atoms with van der Waals surface area (Å²) in [5.74, 6) is 1.77. The highest BCUT2D eigenvalue weighted by atomic mass is 35.5. The van der Waals surface area contributed by atoms with Crippen LogP contribution in [0, 0.1) is 5.92 Å². The highest BCUT2D eigenvalue weighted by molar-refractivity contribution is 6.20. The maximum atomic E-state index is 5.81. The number of rotatable bonds is 3. The molecule has 78 valence electrons. The van der Waals surface area contributed by atoms with Crippen LogP contribution in [0.5, 0.6) is 0 Å². The zero-order valence-corrected chi connectivity index (χ0v) is 8.83. The zero-order chi connectivity index (χ0) is 9.97. The normalized spacial score (nSPS) is 24.0. The van der Waals surface area contributed by atoms with Crippen LogP contribution in [-0.2, 0) is 11.2 Å². The second kappa shape index (κ2) is 4.28. The molecule has 0 radical (unpaired) electrons. The molecule has 2 rings (SSSR count). The van der Waals surface area contributed by atoms with Gasteiger partial charge in [-0.3, -0.25) is 0 Å². The van der Waals surface area contributed by atoms with Gasteiger partial charge in [-0.1, -0.05) is 5.16 Å². The lowest BCUT2D eigenvalue weighted by atomic mass is 10.1. The van der Waals surface area contributed by atoms with Gasteiger partial charge in [0.2, 0.25) is 5.89 Å². The van der Waals surface area contributed by atoms with Crippen molar-refractivity contribution in [2.75, 3.05) is 13.2 Å². The molecule has 1 saturated heterocycles. The van der Waals surface area contributed by atoms with E-state index >= 15 is 0 Å². The Morgan fingerprint density at radius 1 is 1.64 bits per heavy atom. The van der Waals surface area contributed by atoms with E-state index < -0.39 is 0 Å². The fourth-order valence-corrected chi connectivity index (χ4v) is 1.60. The van der Waals surface area contributed by atoms with E-state index in [9.17, 15) is 0 Å². The van der Waals surface area contributed by atoms with Gasteiger partial charge in [0.05, 0.1) is 0 Å². The quantitative estimate of drug-likeness (QED) is 0.725. The molecule has 1 aliphatic heterocycles. The van der Waals surface area contributed by atoms with Crippen molar-refractivity contribution in [3.8, 4) is 0 Å². The number of halogens is 1. The molecular weight excluding hydrogens is 204 g/mol. The molecule has 1 aliphatic rings. The highest BCUT2D eigenvalue weighted by Crippen LogP contribution is 2.20. The molecule has 5 heteroatoms. The van der Waals surface area contributed by atoms with Crippen molar-refractivity contribution in [1.29, 1.82) is 0 Å². The lowest BCUT2D eigenvalue weighted by Gasteiger charge is -2.00. The van der Waals surface area contributed by atoms with Crippen LogP contribution in [0.25, 0.3) is 0 Å². The van der Waals surface area contributed by atoms with Crippen molar-refractivity contribution in [3.63, 3.8) is 0 Å². The van der Waals surface area contributed by atoms with Crippen molar-refractivity contribution in [3.05, 3.63) is 11.7 Å². The third-order valence-electron chi connectivity index (χ3n) is 2.32. The van der Waals surface area contributed by atoms with Crippen molar-refractivity contribution in [2.45, 2.75) is 25.1 Å². The fraction of sp³-hybridized carbons (Fsp3) is 0.778. The number of alkyl halides is 1. The predicted octanol–water partition coefficient (Wildman–Crippen LogP) is 1.95. The zero-order valence-electron chi connectivity index (χ0n) is 8.07. The van der Waals surface area contributed by atoms with Gasteiger partial charge in [-0.15, -0.1) is 11.6 Å². The van der Waals surface area contributed by atoms with Crippen LogP contribution < -0.4 is 0 Å². The van der Waals surface area contributed by atoms with Gasteiger partial charge in [0, 0.05) is 19.6 Å². The fourth-order valence-electron chi connectivity index (χ4n) is 1.51. The predicted molar refractivity (Wildman–Crippen MR) is 51.2 cm³/mol. The molecule has 1 aromatic heterocycles. The van der Waals surface area contributed by atoms with Crippen LogP contribution in [-0.4, -0.2) is 23.4 Å². The van der Waals surface area contributed by atoms with Crippen molar-refractivity contribution in [1.82, 2.24) is 10.1 Å². The Bertz CT molecular complexity index is 295. The highest BCUT2D eigenvalue weighted by Gasteiger charge is 2.19. The van der Waals surface area contributed by atoms with Crippen LogP contribution in [0.1, 0.15) is 30.4 Å². The summed E-state index contributed by atoms with van der Waals surface area (Å²) in [5, 5.41) is 3.66. The standard InChI is InChI=1S/C9H13ClN2O2/c1-6(10)9-11-8(12-14-9)4-7-2-3-13-5-7/h6-7H,2-5H2,1H3. The van der Waals surface area contributed by atoms with Crippen LogP contribution in [0.4, 0.5) is 0 Å². The molecule has 0 saturated carbocycles. The summed E-state index contributed by atoms with van der Waals surface area (Å²) in [6.07, 6.45) is 1.91. The van der Waals surface area contributed by atoms with Crippen molar-refractivity contribution < 1.29 is 9.26 Å². The minimum absolute atomic E-state index is 0.212. The molecule has 14 heavy (non-hydrogen) atoms. The van der Waals surface area contributed by atoms with Crippen LogP contribution in [0.3, 0.4) is 0 Å². The first kappa shape index (κ1) is 9.93. The molecular formula is C9H13ClN2O2. The molecule has 0 aromatic carbocycles. The maximum absolute atomic E-state index is 5.81. The van der Waals surface area contributed by atoms with Gasteiger partial charge in [-0.2, -0.15) is 4.98 Å². The monoisotopic (exact) mass is 216 g/mol. The summed E-state index contributed by atoms with van der Waals surface area (Å²) in [7, 11) is 0. The lowest BCUT2D eigenvalue weighted by Crippen LogP contribution is -2.05. The third kappa shape index (κ3) is 2.25. The molecule has 0 N–H and O–H groups in total. The van der Waals surface area contributed by atoms with E-state index in [2.05, 4.69) is 10.1 Å². The van der Waals surface area contributed by atoms with Gasteiger partial charge in [-0.05, 0) is 19.3 Å². The number of ether oxygens (including phenoxy) is 1. The van der Waals surface area contributed by atoms with E-state index in [0.717, 1.165) is 31.9 Å². The Morgan fingerprint density at radius 3 is 3.07 bits per heavy atom. The van der Waals surface area contributed by atoms with Crippen molar-refractivity contribution in [2.24, 2.45) is 5.92 Å². The summed E-state index contributed by atoms with van der Waals surface area (Å²) in [6.45, 7) is 3.47. The molecule has 4 nitrogen and oxygen atoms in total. The van der Waals surface area contributed by atoms with E-state index in [1.54, 1.807) is 0 Å². The van der Waals surface area contributed by atoms with Crippen LogP contribution >= 0.6 is 11.6 Å². The molecule has 0 aliphatic carbocycles. The number of hydrogen-bond donors (Lipinski definition) is 0. The Labute approximate surface area is 87.6 Å². The van der Waals surface area contributed by atoms with Gasteiger partial charge < -0.3 is 9.26 Å². The first-order valence-corrected chi connectivity index (χ1v) is 5.23. The van der Waals surface area contributed by atoms with E-state index in [4.69, 9.17) is 20.9 Å². The second-order valence-corrected chi connectivity index (χ2v) is 4.25. The number of hydrogen-bond acceptors (Lipinski definition) is 4. The summed E-state index contributed by atoms with van der Waals surface area (Å²) in [6, 6.07) is 0. The Kier molecular flexibility index (Phi) is 3.03. The maximum Gasteiger partial charge on any atom is 0.244 e. The molecule has 0 spiro atoms. The average molecular weight is 217 g/mol. The Hall–Kier alpha value is -0.610. The minimum Gasteiger partial charge on any atom is -0.381 e. The van der Waals surface area contributed by atoms with E-state index in [1.807, 2.05) is 6.92 Å². The first-order chi connectivity index (χ1) is 6.75. The smallest absolute Gasteiger partial charge is 0.244 e. The number of aromatic nitrogens is 2. The second-order valence-electron chi connectivity index (χ2n) is 3.60. The lowest BCUT2D eigenvalue weighted by molar-refractivity contribution is 0.185. The molecule has 2 unspecified atom stereocenters. The molecule has 2 atom stereocenters. The Balaban J connectivity index is 1.95. The van der Waals surface area contributed by atoms with E-state index in [-0.39, 0.29) is 5.38 Å². The molecule has 2 heterocycles.